The van der Waals surface area contributed by atoms with Gasteiger partial charge in [-0.3, -0.25) is 4.57 Å². The van der Waals surface area contributed by atoms with Crippen molar-refractivity contribution >= 4 is 40.4 Å². The van der Waals surface area contributed by atoms with Crippen molar-refractivity contribution in [3.8, 4) is 11.3 Å². The standard InChI is InChI=1S/C35H45N9O4/c1-35(2,3)48-34(45)39-25-12-14-43(15-13-25)28-11-10-24(22-36-28)30-31-32(44(23-37-31)29-9-4-5-18-47-29)41-33(40-30)38-26-7-6-8-27(21-26)42-16-19-46-20-17-42/h6-8,10-11,21-23,25,29H,4-5,9,12-20H2,1-3H3,(H,39,45)(H,38,40,41). The third-order valence-corrected chi connectivity index (χ3v) is 8.93. The molecular formula is C35H45N9O4. The Morgan fingerprint density at radius 3 is 2.50 bits per heavy atom. The molecule has 0 aliphatic carbocycles. The second kappa shape index (κ2) is 13.9. The topological polar surface area (TPSA) is 132 Å². The van der Waals surface area contributed by atoms with E-state index in [9.17, 15) is 4.79 Å². The number of pyridine rings is 1. The van der Waals surface area contributed by atoms with E-state index < -0.39 is 5.60 Å². The van der Waals surface area contributed by atoms with E-state index in [0.29, 0.717) is 17.2 Å². The maximum atomic E-state index is 12.2. The molecule has 1 aromatic carbocycles. The second-order valence-corrected chi connectivity index (χ2v) is 13.6. The summed E-state index contributed by atoms with van der Waals surface area (Å²) in [5.41, 5.74) is 4.52. The van der Waals surface area contributed by atoms with Crippen LogP contribution in [0.1, 0.15) is 59.1 Å². The van der Waals surface area contributed by atoms with E-state index in [-0.39, 0.29) is 18.4 Å². The Bertz CT molecular complexity index is 1700. The number of hydrogen-bond donors (Lipinski definition) is 2. The van der Waals surface area contributed by atoms with Crippen LogP contribution in [0.5, 0.6) is 0 Å². The van der Waals surface area contributed by atoms with Crippen molar-refractivity contribution in [2.45, 2.75) is 70.7 Å². The van der Waals surface area contributed by atoms with Crippen LogP contribution < -0.4 is 20.4 Å². The number of nitrogens with zero attached hydrogens (tertiary/aromatic N) is 7. The zero-order valence-corrected chi connectivity index (χ0v) is 28.0. The van der Waals surface area contributed by atoms with E-state index in [2.05, 4.69) is 32.6 Å². The number of carbonyl (C=O) groups excluding carboxylic acids is 1. The van der Waals surface area contributed by atoms with Gasteiger partial charge >= 0.3 is 6.09 Å². The van der Waals surface area contributed by atoms with Gasteiger partial charge in [0.15, 0.2) is 5.65 Å². The predicted octanol–water partition coefficient (Wildman–Crippen LogP) is 5.66. The number of alkyl carbamates (subject to hydrolysis) is 1. The summed E-state index contributed by atoms with van der Waals surface area (Å²) >= 11 is 0. The first-order chi connectivity index (χ1) is 23.3. The SMILES string of the molecule is CC(C)(C)OC(=O)NC1CCN(c2ccc(-c3nc(Nc4cccc(N5CCOCC5)c4)nc4c3ncn4C3CCCCO3)cn2)CC1. The van der Waals surface area contributed by atoms with Gasteiger partial charge in [-0.25, -0.2) is 19.7 Å². The molecule has 0 radical (unpaired) electrons. The van der Waals surface area contributed by atoms with E-state index in [1.807, 2.05) is 62.1 Å². The average Bonchev–Trinajstić information content (AvgIpc) is 3.52. The Kier molecular flexibility index (Phi) is 9.31. The number of anilines is 4. The van der Waals surface area contributed by atoms with Crippen LogP contribution in [0.3, 0.4) is 0 Å². The third-order valence-electron chi connectivity index (χ3n) is 8.93. The average molecular weight is 656 g/mol. The molecule has 1 atom stereocenters. The molecule has 0 saturated carbocycles. The molecule has 13 nitrogen and oxygen atoms in total. The fraction of sp³-hybridized carbons (Fsp3) is 0.514. The number of amides is 1. The molecule has 0 bridgehead atoms. The highest BCUT2D eigenvalue weighted by molar-refractivity contribution is 5.88. The molecule has 3 saturated heterocycles. The summed E-state index contributed by atoms with van der Waals surface area (Å²) in [6.07, 6.45) is 7.91. The summed E-state index contributed by atoms with van der Waals surface area (Å²) in [7, 11) is 0. The molecule has 6 heterocycles. The summed E-state index contributed by atoms with van der Waals surface area (Å²) in [6.45, 7) is 11.1. The van der Waals surface area contributed by atoms with Crippen molar-refractivity contribution in [2.24, 2.45) is 0 Å². The largest absolute Gasteiger partial charge is 0.444 e. The maximum absolute atomic E-state index is 12.2. The van der Waals surface area contributed by atoms with E-state index in [1.165, 1.54) is 0 Å². The molecule has 0 spiro atoms. The van der Waals surface area contributed by atoms with Crippen LogP contribution in [-0.4, -0.2) is 88.2 Å². The Hall–Kier alpha value is -4.49. The molecule has 48 heavy (non-hydrogen) atoms. The minimum absolute atomic E-state index is 0.0772. The third kappa shape index (κ3) is 7.47. The van der Waals surface area contributed by atoms with Crippen LogP contribution in [0, 0.1) is 0 Å². The molecule has 4 aromatic rings. The summed E-state index contributed by atoms with van der Waals surface area (Å²) in [6, 6.07) is 12.5. The Labute approximate surface area is 281 Å². The van der Waals surface area contributed by atoms with Crippen molar-refractivity contribution in [2.75, 3.05) is 61.1 Å². The van der Waals surface area contributed by atoms with Crippen LogP contribution in [0.4, 0.5) is 27.9 Å². The highest BCUT2D eigenvalue weighted by Crippen LogP contribution is 2.32. The van der Waals surface area contributed by atoms with E-state index in [4.69, 9.17) is 34.1 Å². The Morgan fingerprint density at radius 2 is 1.77 bits per heavy atom. The van der Waals surface area contributed by atoms with Crippen LogP contribution in [-0.2, 0) is 14.2 Å². The number of carbonyl (C=O) groups is 1. The number of nitrogens with one attached hydrogen (secondary N) is 2. The second-order valence-electron chi connectivity index (χ2n) is 13.6. The number of rotatable bonds is 7. The van der Waals surface area contributed by atoms with Crippen LogP contribution >= 0.6 is 0 Å². The molecule has 3 aliphatic rings. The zero-order chi connectivity index (χ0) is 33.1. The van der Waals surface area contributed by atoms with Crippen molar-refractivity contribution < 1.29 is 19.0 Å². The fourth-order valence-corrected chi connectivity index (χ4v) is 6.50. The highest BCUT2D eigenvalue weighted by Gasteiger charge is 2.26. The number of ether oxygens (including phenoxy) is 3. The molecule has 13 heteroatoms. The monoisotopic (exact) mass is 655 g/mol. The minimum Gasteiger partial charge on any atom is -0.444 e. The van der Waals surface area contributed by atoms with Crippen molar-refractivity contribution in [3.05, 3.63) is 48.9 Å². The lowest BCUT2D eigenvalue weighted by atomic mass is 10.1. The normalized spacial score (nSPS) is 19.4. The molecule has 254 valence electrons. The first kappa shape index (κ1) is 32.1. The molecule has 7 rings (SSSR count). The molecule has 3 fully saturated rings. The molecule has 1 unspecified atom stereocenters. The predicted molar refractivity (Wildman–Crippen MR) is 185 cm³/mol. The Balaban J connectivity index is 1.12. The summed E-state index contributed by atoms with van der Waals surface area (Å²) in [4.78, 5) is 36.4. The van der Waals surface area contributed by atoms with Crippen molar-refractivity contribution in [1.29, 1.82) is 0 Å². The van der Waals surface area contributed by atoms with Crippen LogP contribution in [0.2, 0.25) is 0 Å². The van der Waals surface area contributed by atoms with Gasteiger partial charge in [-0.15, -0.1) is 0 Å². The van der Waals surface area contributed by atoms with Gasteiger partial charge in [0.05, 0.1) is 19.5 Å². The summed E-state index contributed by atoms with van der Waals surface area (Å²) in [5.74, 6) is 1.37. The van der Waals surface area contributed by atoms with Gasteiger partial charge in [0.25, 0.3) is 0 Å². The molecule has 3 aliphatic heterocycles. The molecular weight excluding hydrogens is 610 g/mol. The number of aromatic nitrogens is 5. The molecule has 3 aromatic heterocycles. The van der Waals surface area contributed by atoms with Crippen LogP contribution in [0.25, 0.3) is 22.4 Å². The lowest BCUT2D eigenvalue weighted by Gasteiger charge is -2.33. The van der Waals surface area contributed by atoms with Gasteiger partial charge in [-0.1, -0.05) is 6.07 Å². The Morgan fingerprint density at radius 1 is 0.938 bits per heavy atom. The smallest absolute Gasteiger partial charge is 0.407 e. The van der Waals surface area contributed by atoms with Crippen molar-refractivity contribution in [3.63, 3.8) is 0 Å². The van der Waals surface area contributed by atoms with Gasteiger partial charge < -0.3 is 34.6 Å². The first-order valence-electron chi connectivity index (χ1n) is 17.1. The van der Waals surface area contributed by atoms with Gasteiger partial charge in [0, 0.05) is 62.0 Å². The zero-order valence-electron chi connectivity index (χ0n) is 28.0. The number of hydrogen-bond acceptors (Lipinski definition) is 11. The van der Waals surface area contributed by atoms with Gasteiger partial charge in [0.2, 0.25) is 5.95 Å². The van der Waals surface area contributed by atoms with Crippen molar-refractivity contribution in [1.82, 2.24) is 29.8 Å². The minimum atomic E-state index is -0.515. The first-order valence-corrected chi connectivity index (χ1v) is 17.1. The lowest BCUT2D eigenvalue weighted by molar-refractivity contribution is -0.0298. The number of morpholine rings is 1. The van der Waals surface area contributed by atoms with Gasteiger partial charge in [0.1, 0.15) is 28.9 Å². The molecule has 2 N–H and O–H groups in total. The summed E-state index contributed by atoms with van der Waals surface area (Å²) < 4.78 is 19.1. The van der Waals surface area contributed by atoms with Gasteiger partial charge in [-0.2, -0.15) is 4.98 Å². The molecule has 1 amide bonds. The number of benzene rings is 1. The number of piperidine rings is 1. The maximum Gasteiger partial charge on any atom is 0.407 e. The van der Waals surface area contributed by atoms with E-state index in [0.717, 1.165) is 107 Å². The number of imidazole rings is 1. The van der Waals surface area contributed by atoms with E-state index >= 15 is 0 Å². The summed E-state index contributed by atoms with van der Waals surface area (Å²) in [5, 5.41) is 6.48. The lowest BCUT2D eigenvalue weighted by Crippen LogP contribution is -2.46. The quantitative estimate of drug-likeness (QED) is 0.256. The van der Waals surface area contributed by atoms with Crippen LogP contribution in [0.15, 0.2) is 48.9 Å². The van der Waals surface area contributed by atoms with Gasteiger partial charge in [-0.05, 0) is 83.2 Å². The highest BCUT2D eigenvalue weighted by atomic mass is 16.6. The van der Waals surface area contributed by atoms with E-state index in [1.54, 1.807) is 0 Å². The fourth-order valence-electron chi connectivity index (χ4n) is 6.50. The number of fused-ring (bicyclic) bond motifs is 1.